The third kappa shape index (κ3) is 4.93. The van der Waals surface area contributed by atoms with Crippen LogP contribution in [0.5, 0.6) is 17.4 Å². The number of carbonyl (C=O) groups is 2. The monoisotopic (exact) mass is 396 g/mol. The number of aromatic nitrogens is 2. The highest BCUT2D eigenvalue weighted by Gasteiger charge is 2.15. The largest absolute Gasteiger partial charge is 0.434 e. The van der Waals surface area contributed by atoms with Gasteiger partial charge in [0.1, 0.15) is 12.0 Å². The number of nitrogens with zero attached hydrogens (tertiary/aromatic N) is 1. The number of esters is 1. The maximum absolute atomic E-state index is 11.7. The Morgan fingerprint density at radius 3 is 2.46 bits per heavy atom. The van der Waals surface area contributed by atoms with Gasteiger partial charge >= 0.3 is 5.97 Å². The third-order valence-electron chi connectivity index (χ3n) is 3.14. The topological polar surface area (TPSA) is 98.3 Å². The van der Waals surface area contributed by atoms with Crippen LogP contribution in [0.3, 0.4) is 0 Å². The van der Waals surface area contributed by atoms with Crippen molar-refractivity contribution in [3.63, 3.8) is 0 Å². The summed E-state index contributed by atoms with van der Waals surface area (Å²) >= 11 is 12.3. The number of halogens is 2. The average Bonchev–Trinajstić information content (AvgIpc) is 2.57. The van der Waals surface area contributed by atoms with Crippen LogP contribution in [0.2, 0.25) is 10.0 Å². The second-order valence-electron chi connectivity index (χ2n) is 5.38. The van der Waals surface area contributed by atoms with Crippen molar-refractivity contribution in [3.05, 3.63) is 56.3 Å². The number of ether oxygens (including phenoxy) is 2. The molecule has 9 heteroatoms. The van der Waals surface area contributed by atoms with Gasteiger partial charge in [-0.25, -0.2) is 9.89 Å². The number of aromatic amines is 1. The smallest absolute Gasteiger partial charge is 0.336 e. The SMILES string of the molecule is CC(C)c1cc(Oc2c(Cl)cc(OC(=O)C=CC=O)cc2Cl)n[nH]c1=O. The molecule has 136 valence electrons. The Bertz CT molecular complexity index is 899. The Morgan fingerprint density at radius 1 is 1.23 bits per heavy atom. The summed E-state index contributed by atoms with van der Waals surface area (Å²) in [5.74, 6) is -0.523. The van der Waals surface area contributed by atoms with E-state index in [0.717, 1.165) is 12.2 Å². The highest BCUT2D eigenvalue weighted by molar-refractivity contribution is 6.37. The summed E-state index contributed by atoms with van der Waals surface area (Å²) in [6.45, 7) is 3.72. The van der Waals surface area contributed by atoms with Gasteiger partial charge in [0, 0.05) is 29.8 Å². The van der Waals surface area contributed by atoms with E-state index < -0.39 is 5.97 Å². The minimum atomic E-state index is -0.762. The fourth-order valence-electron chi connectivity index (χ4n) is 1.95. The molecule has 0 amide bonds. The molecule has 1 aromatic carbocycles. The van der Waals surface area contributed by atoms with Crippen molar-refractivity contribution in [2.75, 3.05) is 0 Å². The van der Waals surface area contributed by atoms with Crippen molar-refractivity contribution in [2.45, 2.75) is 19.8 Å². The van der Waals surface area contributed by atoms with Crippen LogP contribution in [0.15, 0.2) is 35.1 Å². The molecule has 0 aliphatic rings. The van der Waals surface area contributed by atoms with Gasteiger partial charge in [0.2, 0.25) is 5.88 Å². The van der Waals surface area contributed by atoms with E-state index in [2.05, 4.69) is 10.2 Å². The van der Waals surface area contributed by atoms with Crippen molar-refractivity contribution in [1.82, 2.24) is 10.2 Å². The Balaban J connectivity index is 2.27. The number of allylic oxidation sites excluding steroid dienone is 1. The molecule has 0 radical (unpaired) electrons. The molecule has 0 aliphatic carbocycles. The van der Waals surface area contributed by atoms with Crippen molar-refractivity contribution in [3.8, 4) is 17.4 Å². The van der Waals surface area contributed by atoms with Crippen molar-refractivity contribution in [1.29, 1.82) is 0 Å². The molecule has 0 atom stereocenters. The van der Waals surface area contributed by atoms with E-state index in [1.807, 2.05) is 13.8 Å². The van der Waals surface area contributed by atoms with E-state index >= 15 is 0 Å². The van der Waals surface area contributed by atoms with Crippen LogP contribution >= 0.6 is 23.2 Å². The van der Waals surface area contributed by atoms with Crippen LogP contribution in [0.25, 0.3) is 0 Å². The van der Waals surface area contributed by atoms with Gasteiger partial charge in [0.15, 0.2) is 5.75 Å². The first-order valence-electron chi connectivity index (χ1n) is 7.42. The quantitative estimate of drug-likeness (QED) is 0.346. The molecule has 0 bridgehead atoms. The fraction of sp³-hybridized carbons (Fsp3) is 0.176. The molecule has 2 rings (SSSR count). The second kappa shape index (κ2) is 8.64. The number of hydrogen-bond donors (Lipinski definition) is 1. The summed E-state index contributed by atoms with van der Waals surface area (Å²) in [6, 6.07) is 4.14. The van der Waals surface area contributed by atoms with Gasteiger partial charge in [-0.2, -0.15) is 0 Å². The van der Waals surface area contributed by atoms with Gasteiger partial charge in [-0.05, 0) is 12.0 Å². The zero-order valence-electron chi connectivity index (χ0n) is 13.8. The molecule has 0 spiro atoms. The Labute approximate surface area is 158 Å². The molecule has 0 fully saturated rings. The highest BCUT2D eigenvalue weighted by Crippen LogP contribution is 2.39. The third-order valence-corrected chi connectivity index (χ3v) is 3.70. The molecule has 0 unspecified atom stereocenters. The number of aldehydes is 1. The average molecular weight is 397 g/mol. The number of nitrogens with one attached hydrogen (secondary N) is 1. The van der Waals surface area contributed by atoms with Crippen molar-refractivity contribution >= 4 is 35.5 Å². The van der Waals surface area contributed by atoms with Crippen LogP contribution < -0.4 is 15.0 Å². The van der Waals surface area contributed by atoms with Crippen LogP contribution in [-0.2, 0) is 9.59 Å². The molecule has 1 N–H and O–H groups in total. The number of H-pyrrole nitrogens is 1. The van der Waals surface area contributed by atoms with Crippen LogP contribution in [0, 0.1) is 0 Å². The fourth-order valence-corrected chi connectivity index (χ4v) is 2.49. The first-order valence-corrected chi connectivity index (χ1v) is 8.17. The predicted molar refractivity (Wildman–Crippen MR) is 96.3 cm³/mol. The van der Waals surface area contributed by atoms with Gasteiger partial charge < -0.3 is 9.47 Å². The van der Waals surface area contributed by atoms with Gasteiger partial charge in [-0.15, -0.1) is 5.10 Å². The highest BCUT2D eigenvalue weighted by atomic mass is 35.5. The lowest BCUT2D eigenvalue weighted by Gasteiger charge is -2.11. The maximum atomic E-state index is 11.7. The standard InChI is InChI=1S/C17H14Cl2N2O5/c1-9(2)11-8-14(20-21-17(11)24)26-16-12(18)6-10(7-13(16)19)25-15(23)4-3-5-22/h3-9H,1-2H3,(H,21,24). The molecule has 1 aromatic heterocycles. The first-order chi connectivity index (χ1) is 12.3. The zero-order valence-corrected chi connectivity index (χ0v) is 15.3. The first kappa shape index (κ1) is 19.7. The second-order valence-corrected chi connectivity index (χ2v) is 6.19. The number of hydrogen-bond acceptors (Lipinski definition) is 6. The van der Waals surface area contributed by atoms with Gasteiger partial charge in [-0.3, -0.25) is 9.59 Å². The van der Waals surface area contributed by atoms with Gasteiger partial charge in [0.25, 0.3) is 5.56 Å². The Morgan fingerprint density at radius 2 is 1.88 bits per heavy atom. The summed E-state index contributed by atoms with van der Waals surface area (Å²) in [7, 11) is 0. The minimum Gasteiger partial charge on any atom is -0.434 e. The van der Waals surface area contributed by atoms with E-state index in [1.165, 1.54) is 18.2 Å². The predicted octanol–water partition coefficient (Wildman–Crippen LogP) is 3.65. The number of carbonyl (C=O) groups excluding carboxylic acids is 2. The molecule has 0 saturated carbocycles. The van der Waals surface area contributed by atoms with E-state index in [4.69, 9.17) is 32.7 Å². The van der Waals surface area contributed by atoms with Crippen molar-refractivity contribution < 1.29 is 19.1 Å². The van der Waals surface area contributed by atoms with E-state index in [-0.39, 0.29) is 38.9 Å². The molecule has 26 heavy (non-hydrogen) atoms. The van der Waals surface area contributed by atoms with Crippen molar-refractivity contribution in [2.24, 2.45) is 0 Å². The lowest BCUT2D eigenvalue weighted by atomic mass is 10.1. The molecular formula is C17H14Cl2N2O5. The Kier molecular flexibility index (Phi) is 6.54. The van der Waals surface area contributed by atoms with E-state index in [9.17, 15) is 14.4 Å². The Hall–Kier alpha value is -2.64. The molecule has 2 aromatic rings. The molecule has 1 heterocycles. The molecular weight excluding hydrogens is 383 g/mol. The molecule has 7 nitrogen and oxygen atoms in total. The van der Waals surface area contributed by atoms with Crippen LogP contribution in [0.4, 0.5) is 0 Å². The van der Waals surface area contributed by atoms with Crippen LogP contribution in [-0.4, -0.2) is 22.5 Å². The summed E-state index contributed by atoms with van der Waals surface area (Å²) in [4.78, 5) is 33.4. The number of benzene rings is 1. The van der Waals surface area contributed by atoms with Gasteiger partial charge in [-0.1, -0.05) is 37.0 Å². The number of rotatable bonds is 6. The minimum absolute atomic E-state index is 0.0312. The zero-order chi connectivity index (χ0) is 19.3. The summed E-state index contributed by atoms with van der Waals surface area (Å²) < 4.78 is 10.5. The normalized spacial score (nSPS) is 11.0. The lowest BCUT2D eigenvalue weighted by Crippen LogP contribution is -2.15. The van der Waals surface area contributed by atoms with E-state index in [1.54, 1.807) is 0 Å². The van der Waals surface area contributed by atoms with E-state index in [0.29, 0.717) is 11.8 Å². The lowest BCUT2D eigenvalue weighted by molar-refractivity contribution is -0.129. The summed E-state index contributed by atoms with van der Waals surface area (Å²) in [5, 5.41) is 6.28. The van der Waals surface area contributed by atoms with Crippen LogP contribution in [0.1, 0.15) is 25.3 Å². The molecule has 0 saturated heterocycles. The van der Waals surface area contributed by atoms with Gasteiger partial charge in [0.05, 0.1) is 10.0 Å². The molecule has 0 aliphatic heterocycles. The summed E-state index contributed by atoms with van der Waals surface area (Å²) in [5.41, 5.74) is 0.185. The maximum Gasteiger partial charge on any atom is 0.336 e. The summed E-state index contributed by atoms with van der Waals surface area (Å²) in [6.07, 6.45) is 2.40.